The van der Waals surface area contributed by atoms with E-state index in [0.29, 0.717) is 6.54 Å². The highest BCUT2D eigenvalue weighted by Gasteiger charge is 2.03. The van der Waals surface area contributed by atoms with Gasteiger partial charge in [0.1, 0.15) is 0 Å². The minimum Gasteiger partial charge on any atom is -0.383 e. The molecule has 0 saturated heterocycles. The summed E-state index contributed by atoms with van der Waals surface area (Å²) in [7, 11) is 1.73. The lowest BCUT2D eigenvalue weighted by Crippen LogP contribution is -2.26. The maximum absolute atomic E-state index is 5.62. The lowest BCUT2D eigenvalue weighted by Gasteiger charge is -2.23. The van der Waals surface area contributed by atoms with Gasteiger partial charge in [-0.05, 0) is 24.6 Å². The molecule has 0 saturated carbocycles. The number of nitrogens with two attached hydrogens (primary N) is 1. The van der Waals surface area contributed by atoms with Gasteiger partial charge in [-0.15, -0.1) is 0 Å². The first kappa shape index (κ1) is 12.0. The molecule has 0 unspecified atom stereocenters. The molecule has 1 aromatic carbocycles. The molecule has 0 heterocycles. The van der Waals surface area contributed by atoms with Crippen LogP contribution in [-0.4, -0.2) is 26.8 Å². The lowest BCUT2D eigenvalue weighted by atomic mass is 10.2. The molecule has 0 spiro atoms. The zero-order chi connectivity index (χ0) is 11.1. The summed E-state index contributed by atoms with van der Waals surface area (Å²) in [5.41, 5.74) is 8.01. The molecule has 0 aliphatic heterocycles. The quantitative estimate of drug-likeness (QED) is 0.772. The number of nitrogens with zero attached hydrogens (tertiary/aromatic N) is 1. The van der Waals surface area contributed by atoms with Gasteiger partial charge in [-0.25, -0.2) is 0 Å². The number of rotatable bonds is 6. The summed E-state index contributed by atoms with van der Waals surface area (Å²) in [4.78, 5) is 2.28. The van der Waals surface area contributed by atoms with Gasteiger partial charge in [0.25, 0.3) is 0 Å². The van der Waals surface area contributed by atoms with Gasteiger partial charge in [0, 0.05) is 32.4 Å². The second-order valence-electron chi connectivity index (χ2n) is 3.45. The summed E-state index contributed by atoms with van der Waals surface area (Å²) < 4.78 is 5.09. The highest BCUT2D eigenvalue weighted by molar-refractivity contribution is 5.48. The van der Waals surface area contributed by atoms with Crippen molar-refractivity contribution in [1.29, 1.82) is 0 Å². The Morgan fingerprint density at radius 1 is 1.40 bits per heavy atom. The van der Waals surface area contributed by atoms with Gasteiger partial charge in [0.05, 0.1) is 6.61 Å². The topological polar surface area (TPSA) is 38.5 Å². The first-order valence-electron chi connectivity index (χ1n) is 5.34. The zero-order valence-corrected chi connectivity index (χ0v) is 9.57. The molecule has 0 fully saturated rings. The highest BCUT2D eigenvalue weighted by Crippen LogP contribution is 2.15. The van der Waals surface area contributed by atoms with Crippen LogP contribution < -0.4 is 10.6 Å². The van der Waals surface area contributed by atoms with E-state index in [4.69, 9.17) is 10.5 Å². The smallest absolute Gasteiger partial charge is 0.0637 e. The monoisotopic (exact) mass is 208 g/mol. The molecule has 2 N–H and O–H groups in total. The van der Waals surface area contributed by atoms with E-state index in [1.54, 1.807) is 7.11 Å². The van der Waals surface area contributed by atoms with E-state index in [1.165, 1.54) is 11.3 Å². The van der Waals surface area contributed by atoms with Crippen molar-refractivity contribution in [2.75, 3.05) is 31.7 Å². The van der Waals surface area contributed by atoms with E-state index in [-0.39, 0.29) is 0 Å². The molecule has 3 heteroatoms. The average Bonchev–Trinajstić information content (AvgIpc) is 2.30. The summed E-state index contributed by atoms with van der Waals surface area (Å²) in [5.74, 6) is 0. The van der Waals surface area contributed by atoms with Crippen LogP contribution in [0.1, 0.15) is 12.5 Å². The molecule has 0 bridgehead atoms. The fraction of sp³-hybridized carbons (Fsp3) is 0.500. The fourth-order valence-electron chi connectivity index (χ4n) is 1.55. The Labute approximate surface area is 91.8 Å². The number of hydrogen-bond acceptors (Lipinski definition) is 3. The van der Waals surface area contributed by atoms with Gasteiger partial charge in [0.2, 0.25) is 0 Å². The van der Waals surface area contributed by atoms with Crippen LogP contribution in [-0.2, 0) is 11.3 Å². The van der Waals surface area contributed by atoms with Gasteiger partial charge in [-0.1, -0.05) is 12.1 Å². The third-order valence-corrected chi connectivity index (χ3v) is 2.46. The largest absolute Gasteiger partial charge is 0.383 e. The summed E-state index contributed by atoms with van der Waals surface area (Å²) in [6.07, 6.45) is 0. The third kappa shape index (κ3) is 3.53. The first-order valence-corrected chi connectivity index (χ1v) is 5.34. The molecule has 0 aliphatic carbocycles. The Morgan fingerprint density at radius 3 is 2.80 bits per heavy atom. The van der Waals surface area contributed by atoms with Crippen LogP contribution in [0.3, 0.4) is 0 Å². The zero-order valence-electron chi connectivity index (χ0n) is 9.57. The van der Waals surface area contributed by atoms with E-state index >= 15 is 0 Å². The second-order valence-corrected chi connectivity index (χ2v) is 3.45. The Morgan fingerprint density at radius 2 is 2.20 bits per heavy atom. The lowest BCUT2D eigenvalue weighted by molar-refractivity contribution is 0.205. The van der Waals surface area contributed by atoms with E-state index in [9.17, 15) is 0 Å². The van der Waals surface area contributed by atoms with Gasteiger partial charge in [-0.3, -0.25) is 0 Å². The van der Waals surface area contributed by atoms with Gasteiger partial charge >= 0.3 is 0 Å². The molecule has 84 valence electrons. The fourth-order valence-corrected chi connectivity index (χ4v) is 1.55. The van der Waals surface area contributed by atoms with Crippen LogP contribution in [0.4, 0.5) is 5.69 Å². The van der Waals surface area contributed by atoms with Crippen LogP contribution in [0, 0.1) is 0 Å². The maximum Gasteiger partial charge on any atom is 0.0637 e. The van der Waals surface area contributed by atoms with Crippen molar-refractivity contribution in [2.45, 2.75) is 13.5 Å². The molecule has 0 aromatic heterocycles. The first-order chi connectivity index (χ1) is 7.31. The third-order valence-electron chi connectivity index (χ3n) is 2.46. The average molecular weight is 208 g/mol. The van der Waals surface area contributed by atoms with E-state index < -0.39 is 0 Å². The molecular formula is C12H20N2O. The minimum atomic E-state index is 0.593. The van der Waals surface area contributed by atoms with Crippen molar-refractivity contribution in [3.8, 4) is 0 Å². The van der Waals surface area contributed by atoms with Gasteiger partial charge in [0.15, 0.2) is 0 Å². The number of ether oxygens (including phenoxy) is 1. The minimum absolute atomic E-state index is 0.593. The number of benzene rings is 1. The van der Waals surface area contributed by atoms with Gasteiger partial charge in [-0.2, -0.15) is 0 Å². The van der Waals surface area contributed by atoms with Crippen molar-refractivity contribution in [3.05, 3.63) is 29.8 Å². The van der Waals surface area contributed by atoms with E-state index in [2.05, 4.69) is 24.0 Å². The van der Waals surface area contributed by atoms with E-state index in [1.807, 2.05) is 12.1 Å². The maximum atomic E-state index is 5.62. The van der Waals surface area contributed by atoms with E-state index in [0.717, 1.165) is 19.7 Å². The number of likely N-dealkylation sites (N-methyl/N-ethyl adjacent to an activating group) is 1. The molecule has 0 atom stereocenters. The standard InChI is InChI=1S/C12H20N2O/c1-3-14(7-8-15-2)12-6-4-5-11(9-12)10-13/h4-6,9H,3,7-8,10,13H2,1-2H3. The summed E-state index contributed by atoms with van der Waals surface area (Å²) in [6.45, 7) is 5.39. The highest BCUT2D eigenvalue weighted by atomic mass is 16.5. The molecule has 15 heavy (non-hydrogen) atoms. The Kier molecular flexibility index (Phi) is 5.15. The van der Waals surface area contributed by atoms with Crippen LogP contribution in [0.5, 0.6) is 0 Å². The Hall–Kier alpha value is -1.06. The molecule has 0 amide bonds. The normalized spacial score (nSPS) is 10.3. The number of anilines is 1. The van der Waals surface area contributed by atoms with Crippen molar-refractivity contribution in [1.82, 2.24) is 0 Å². The molecule has 3 nitrogen and oxygen atoms in total. The van der Waals surface area contributed by atoms with Crippen molar-refractivity contribution in [2.24, 2.45) is 5.73 Å². The summed E-state index contributed by atoms with van der Waals surface area (Å²) in [6, 6.07) is 8.35. The van der Waals surface area contributed by atoms with Crippen LogP contribution >= 0.6 is 0 Å². The molecule has 1 aromatic rings. The number of hydrogen-bond donors (Lipinski definition) is 1. The molecule has 0 aliphatic rings. The molecule has 1 rings (SSSR count). The van der Waals surface area contributed by atoms with Crippen LogP contribution in [0.15, 0.2) is 24.3 Å². The van der Waals surface area contributed by atoms with Crippen molar-refractivity contribution < 1.29 is 4.74 Å². The Balaban J connectivity index is 2.72. The molecular weight excluding hydrogens is 188 g/mol. The number of methoxy groups -OCH3 is 1. The van der Waals surface area contributed by atoms with Gasteiger partial charge < -0.3 is 15.4 Å². The SMILES string of the molecule is CCN(CCOC)c1cccc(CN)c1. The van der Waals surface area contributed by atoms with Crippen LogP contribution in [0.25, 0.3) is 0 Å². The summed E-state index contributed by atoms with van der Waals surface area (Å²) in [5, 5.41) is 0. The predicted octanol–water partition coefficient (Wildman–Crippen LogP) is 1.62. The molecule has 0 radical (unpaired) electrons. The summed E-state index contributed by atoms with van der Waals surface area (Å²) >= 11 is 0. The second kappa shape index (κ2) is 6.43. The van der Waals surface area contributed by atoms with Crippen molar-refractivity contribution in [3.63, 3.8) is 0 Å². The predicted molar refractivity (Wildman–Crippen MR) is 64.1 cm³/mol. The Bertz CT molecular complexity index is 289. The van der Waals surface area contributed by atoms with Crippen molar-refractivity contribution >= 4 is 5.69 Å². The van der Waals surface area contributed by atoms with Crippen LogP contribution in [0.2, 0.25) is 0 Å².